The second-order valence-electron chi connectivity index (χ2n) is 5.28. The molecule has 0 aliphatic rings. The number of nitrogens with two attached hydrogens (primary N) is 1. The van der Waals surface area contributed by atoms with Gasteiger partial charge in [-0.05, 0) is 36.2 Å². The molecule has 3 N–H and O–H groups in total. The molecule has 0 unspecified atom stereocenters. The molecule has 2 aromatic carbocycles. The number of nitrogens with zero attached hydrogens (tertiary/aromatic N) is 1. The van der Waals surface area contributed by atoms with Gasteiger partial charge in [0.25, 0.3) is 5.91 Å². The van der Waals surface area contributed by atoms with Crippen molar-refractivity contribution in [2.24, 2.45) is 5.73 Å². The minimum atomic E-state index is -0.624. The van der Waals surface area contributed by atoms with Crippen molar-refractivity contribution in [1.29, 1.82) is 0 Å². The third-order valence-electron chi connectivity index (χ3n) is 3.40. The summed E-state index contributed by atoms with van der Waals surface area (Å²) >= 11 is 0. The third kappa shape index (κ3) is 4.85. The van der Waals surface area contributed by atoms with Gasteiger partial charge in [0.1, 0.15) is 0 Å². The Bertz CT molecular complexity index is 654. The summed E-state index contributed by atoms with van der Waals surface area (Å²) in [6.07, 6.45) is 0.889. The summed E-state index contributed by atoms with van der Waals surface area (Å²) in [6.45, 7) is 3.31. The highest BCUT2D eigenvalue weighted by Gasteiger charge is 2.15. The summed E-state index contributed by atoms with van der Waals surface area (Å²) in [5.41, 5.74) is 7.33. The van der Waals surface area contributed by atoms with Crippen LogP contribution in [0.2, 0.25) is 0 Å². The van der Waals surface area contributed by atoms with E-state index in [4.69, 9.17) is 5.73 Å². The Balaban J connectivity index is 2.12. The third-order valence-corrected chi connectivity index (χ3v) is 3.40. The van der Waals surface area contributed by atoms with Gasteiger partial charge >= 0.3 is 6.03 Å². The molecule has 0 aliphatic carbocycles. The molecule has 5 nitrogen and oxygen atoms in total. The number of rotatable bonds is 6. The average molecular weight is 311 g/mol. The molecule has 0 saturated carbocycles. The van der Waals surface area contributed by atoms with E-state index in [-0.39, 0.29) is 5.91 Å². The number of carbonyl (C=O) groups excluding carboxylic acids is 2. The predicted molar refractivity (Wildman–Crippen MR) is 91.1 cm³/mol. The lowest BCUT2D eigenvalue weighted by Gasteiger charge is -2.22. The van der Waals surface area contributed by atoms with E-state index in [1.165, 1.54) is 0 Å². The molecule has 0 aliphatic heterocycles. The van der Waals surface area contributed by atoms with Gasteiger partial charge in [-0.2, -0.15) is 0 Å². The van der Waals surface area contributed by atoms with Crippen LogP contribution >= 0.6 is 0 Å². The van der Waals surface area contributed by atoms with Crippen molar-refractivity contribution in [3.63, 3.8) is 0 Å². The Morgan fingerprint density at radius 3 is 2.26 bits per heavy atom. The molecular formula is C18H21N3O2. The molecule has 0 bridgehead atoms. The second-order valence-corrected chi connectivity index (χ2v) is 5.28. The highest BCUT2D eigenvalue weighted by atomic mass is 16.2. The Morgan fingerprint density at radius 1 is 1.04 bits per heavy atom. The summed E-state index contributed by atoms with van der Waals surface area (Å²) in [7, 11) is 0. The molecular weight excluding hydrogens is 290 g/mol. The Morgan fingerprint density at radius 2 is 1.70 bits per heavy atom. The topological polar surface area (TPSA) is 75.4 Å². The van der Waals surface area contributed by atoms with Crippen LogP contribution in [-0.2, 0) is 6.54 Å². The lowest BCUT2D eigenvalue weighted by molar-refractivity contribution is 0.0743. The van der Waals surface area contributed by atoms with Crippen LogP contribution in [0.4, 0.5) is 10.5 Å². The Hall–Kier alpha value is -2.82. The number of benzene rings is 2. The van der Waals surface area contributed by atoms with E-state index in [2.05, 4.69) is 5.32 Å². The fourth-order valence-corrected chi connectivity index (χ4v) is 2.35. The first-order valence-corrected chi connectivity index (χ1v) is 7.60. The number of amides is 3. The quantitative estimate of drug-likeness (QED) is 0.859. The summed E-state index contributed by atoms with van der Waals surface area (Å²) in [5, 5.41) is 2.48. The van der Waals surface area contributed by atoms with Crippen molar-refractivity contribution in [2.45, 2.75) is 19.9 Å². The number of anilines is 1. The maximum Gasteiger partial charge on any atom is 0.316 e. The highest BCUT2D eigenvalue weighted by molar-refractivity contribution is 5.95. The van der Waals surface area contributed by atoms with E-state index in [9.17, 15) is 9.59 Å². The van der Waals surface area contributed by atoms with Crippen molar-refractivity contribution < 1.29 is 9.59 Å². The van der Waals surface area contributed by atoms with Gasteiger partial charge in [0.2, 0.25) is 0 Å². The second kappa shape index (κ2) is 7.98. The molecule has 0 saturated heterocycles. The monoisotopic (exact) mass is 311 g/mol. The molecule has 3 amide bonds. The average Bonchev–Trinajstić information content (AvgIpc) is 2.55. The smallest absolute Gasteiger partial charge is 0.316 e. The zero-order valence-corrected chi connectivity index (χ0v) is 13.2. The van der Waals surface area contributed by atoms with E-state index in [1.807, 2.05) is 42.2 Å². The van der Waals surface area contributed by atoms with E-state index in [1.54, 1.807) is 24.3 Å². The van der Waals surface area contributed by atoms with Crippen molar-refractivity contribution in [1.82, 2.24) is 4.90 Å². The fourth-order valence-electron chi connectivity index (χ4n) is 2.35. The number of nitrogens with one attached hydrogen (secondary N) is 1. The van der Waals surface area contributed by atoms with Crippen LogP contribution in [0, 0.1) is 0 Å². The standard InChI is InChI=1S/C18H21N3O2/c1-2-12-21(13-14-6-4-3-5-7-14)17(22)15-8-10-16(11-9-15)20-18(19)23/h3-11H,2,12-13H2,1H3,(H3,19,20,23). The predicted octanol–water partition coefficient (Wildman–Crippen LogP) is 3.23. The summed E-state index contributed by atoms with van der Waals surface area (Å²) < 4.78 is 0. The fraction of sp³-hybridized carbons (Fsp3) is 0.222. The van der Waals surface area contributed by atoms with Crippen LogP contribution < -0.4 is 11.1 Å². The minimum Gasteiger partial charge on any atom is -0.351 e. The minimum absolute atomic E-state index is 0.0265. The molecule has 0 aromatic heterocycles. The zero-order chi connectivity index (χ0) is 16.7. The van der Waals surface area contributed by atoms with Crippen molar-refractivity contribution in [3.8, 4) is 0 Å². The maximum absolute atomic E-state index is 12.7. The first kappa shape index (κ1) is 16.5. The van der Waals surface area contributed by atoms with Gasteiger partial charge in [-0.3, -0.25) is 4.79 Å². The van der Waals surface area contributed by atoms with Gasteiger partial charge in [0.15, 0.2) is 0 Å². The van der Waals surface area contributed by atoms with Crippen LogP contribution in [0.3, 0.4) is 0 Å². The van der Waals surface area contributed by atoms with E-state index < -0.39 is 6.03 Å². The first-order valence-electron chi connectivity index (χ1n) is 7.60. The maximum atomic E-state index is 12.7. The van der Waals surface area contributed by atoms with Crippen LogP contribution in [0.15, 0.2) is 54.6 Å². The number of hydrogen-bond acceptors (Lipinski definition) is 2. The van der Waals surface area contributed by atoms with Crippen LogP contribution in [0.1, 0.15) is 29.3 Å². The molecule has 0 heterocycles. The molecule has 0 atom stereocenters. The SMILES string of the molecule is CCCN(Cc1ccccc1)C(=O)c1ccc(NC(N)=O)cc1. The number of hydrogen-bond donors (Lipinski definition) is 2. The van der Waals surface area contributed by atoms with Gasteiger partial charge < -0.3 is 16.0 Å². The molecule has 2 rings (SSSR count). The van der Waals surface area contributed by atoms with Crippen molar-refractivity contribution >= 4 is 17.6 Å². The van der Waals surface area contributed by atoms with E-state index in [0.717, 1.165) is 12.0 Å². The first-order chi connectivity index (χ1) is 11.1. The largest absolute Gasteiger partial charge is 0.351 e. The van der Waals surface area contributed by atoms with Crippen molar-refractivity contribution in [3.05, 3.63) is 65.7 Å². The van der Waals surface area contributed by atoms with Gasteiger partial charge in [0, 0.05) is 24.3 Å². The molecule has 120 valence electrons. The van der Waals surface area contributed by atoms with E-state index >= 15 is 0 Å². The molecule has 5 heteroatoms. The molecule has 23 heavy (non-hydrogen) atoms. The lowest BCUT2D eigenvalue weighted by atomic mass is 10.1. The zero-order valence-electron chi connectivity index (χ0n) is 13.2. The molecule has 0 fully saturated rings. The Kier molecular flexibility index (Phi) is 5.74. The summed E-state index contributed by atoms with van der Waals surface area (Å²) in [5.74, 6) is -0.0265. The molecule has 0 radical (unpaired) electrons. The molecule has 0 spiro atoms. The van der Waals surface area contributed by atoms with Crippen LogP contribution in [-0.4, -0.2) is 23.4 Å². The normalized spacial score (nSPS) is 10.1. The van der Waals surface area contributed by atoms with Crippen molar-refractivity contribution in [2.75, 3.05) is 11.9 Å². The lowest BCUT2D eigenvalue weighted by Crippen LogP contribution is -2.31. The number of primary amides is 1. The van der Waals surface area contributed by atoms with E-state index in [0.29, 0.717) is 24.3 Å². The van der Waals surface area contributed by atoms with Crippen LogP contribution in [0.5, 0.6) is 0 Å². The van der Waals surface area contributed by atoms with Gasteiger partial charge in [-0.15, -0.1) is 0 Å². The Labute approximate surface area is 136 Å². The van der Waals surface area contributed by atoms with Crippen LogP contribution in [0.25, 0.3) is 0 Å². The highest BCUT2D eigenvalue weighted by Crippen LogP contribution is 2.14. The summed E-state index contributed by atoms with van der Waals surface area (Å²) in [4.78, 5) is 25.3. The summed E-state index contributed by atoms with van der Waals surface area (Å²) in [6, 6.07) is 16.0. The molecule has 2 aromatic rings. The number of urea groups is 1. The van der Waals surface area contributed by atoms with Gasteiger partial charge in [-0.1, -0.05) is 37.3 Å². The van der Waals surface area contributed by atoms with Gasteiger partial charge in [0.05, 0.1) is 0 Å². The number of carbonyl (C=O) groups is 2. The van der Waals surface area contributed by atoms with Gasteiger partial charge in [-0.25, -0.2) is 4.79 Å².